The van der Waals surface area contributed by atoms with E-state index in [1.54, 1.807) is 33.0 Å². The van der Waals surface area contributed by atoms with Crippen LogP contribution >= 0.6 is 0 Å². The zero-order valence-corrected chi connectivity index (χ0v) is 14.5. The van der Waals surface area contributed by atoms with E-state index in [1.165, 1.54) is 24.6 Å². The fraction of sp³-hybridized carbons (Fsp3) is 0.353. The molecule has 1 aromatic carbocycles. The lowest BCUT2D eigenvalue weighted by Crippen LogP contribution is -2.61. The van der Waals surface area contributed by atoms with E-state index in [1.807, 2.05) is 0 Å². The zero-order valence-electron chi connectivity index (χ0n) is 14.5. The number of esters is 1. The van der Waals surface area contributed by atoms with Crippen LogP contribution in [0.1, 0.15) is 24.2 Å². The van der Waals surface area contributed by atoms with Gasteiger partial charge in [-0.15, -0.1) is 0 Å². The molecule has 1 aromatic heterocycles. The van der Waals surface area contributed by atoms with Crippen molar-refractivity contribution in [3.8, 4) is 17.1 Å². The van der Waals surface area contributed by atoms with Crippen LogP contribution in [0.25, 0.3) is 11.3 Å². The summed E-state index contributed by atoms with van der Waals surface area (Å²) in [6.45, 7) is 3.54. The summed E-state index contributed by atoms with van der Waals surface area (Å²) in [6, 6.07) is 3.32. The second-order valence-electron chi connectivity index (χ2n) is 5.75. The van der Waals surface area contributed by atoms with Crippen LogP contribution < -0.4 is 10.1 Å². The molecule has 0 aliphatic carbocycles. The van der Waals surface area contributed by atoms with Crippen LogP contribution in [0.4, 0.5) is 5.69 Å². The van der Waals surface area contributed by atoms with Gasteiger partial charge >= 0.3 is 5.97 Å². The molecule has 8 nitrogen and oxygen atoms in total. The van der Waals surface area contributed by atoms with Crippen LogP contribution in [0.3, 0.4) is 0 Å². The van der Waals surface area contributed by atoms with Crippen LogP contribution in [0.5, 0.6) is 5.75 Å². The highest BCUT2D eigenvalue weighted by molar-refractivity contribution is 6.07. The predicted molar refractivity (Wildman–Crippen MR) is 89.2 cm³/mol. The number of fused-ring (bicyclic) bond motifs is 1. The molecular formula is C17H19N3O5. The molecule has 1 aliphatic rings. The molecule has 1 amide bonds. The van der Waals surface area contributed by atoms with Gasteiger partial charge in [-0.2, -0.15) is 0 Å². The molecule has 2 aromatic rings. The average molecular weight is 345 g/mol. The summed E-state index contributed by atoms with van der Waals surface area (Å²) in [6.07, 6.45) is 2.84. The Labute approximate surface area is 144 Å². The van der Waals surface area contributed by atoms with E-state index >= 15 is 0 Å². The number of carbonyl (C=O) groups excluding carboxylic acids is 2. The topological polar surface area (TPSA) is 93.9 Å². The molecule has 3 rings (SSSR count). The lowest BCUT2D eigenvalue weighted by atomic mass is 9.98. The number of hydrogen-bond donors (Lipinski definition) is 1. The number of nitrogens with one attached hydrogen (secondary N) is 1. The molecule has 1 atom stereocenters. The summed E-state index contributed by atoms with van der Waals surface area (Å²) in [5.74, 6) is 0.128. The van der Waals surface area contributed by atoms with Gasteiger partial charge in [0.2, 0.25) is 5.66 Å². The smallest absolute Gasteiger partial charge is 0.352 e. The molecule has 0 fully saturated rings. The molecule has 132 valence electrons. The van der Waals surface area contributed by atoms with E-state index in [-0.39, 0.29) is 12.5 Å². The second-order valence-corrected chi connectivity index (χ2v) is 5.75. The van der Waals surface area contributed by atoms with Crippen molar-refractivity contribution in [3.05, 3.63) is 30.3 Å². The molecule has 0 saturated heterocycles. The number of anilines is 1. The Bertz CT molecular complexity index is 818. The zero-order chi connectivity index (χ0) is 18.2. The summed E-state index contributed by atoms with van der Waals surface area (Å²) >= 11 is 0. The van der Waals surface area contributed by atoms with Crippen LogP contribution in [-0.2, 0) is 9.53 Å². The first kappa shape index (κ1) is 16.8. The number of aromatic nitrogens is 1. The molecule has 0 saturated carbocycles. The van der Waals surface area contributed by atoms with Gasteiger partial charge in [0.1, 0.15) is 5.75 Å². The molecule has 1 N–H and O–H groups in total. The first-order valence-electron chi connectivity index (χ1n) is 7.76. The van der Waals surface area contributed by atoms with Gasteiger partial charge in [-0.05, 0) is 19.9 Å². The maximum Gasteiger partial charge on any atom is 0.352 e. The number of likely N-dealkylation sites (N-methyl/N-ethyl adjacent to an activating group) is 1. The number of amides is 1. The van der Waals surface area contributed by atoms with Crippen LogP contribution in [0.15, 0.2) is 29.1 Å². The molecule has 0 bridgehead atoms. The monoisotopic (exact) mass is 345 g/mol. The standard InChI is InChI=1S/C17H19N3O5/c1-5-24-16(22)17(2)19-12-7-13(23-4)11(14-8-18-9-25-14)6-10(12)15(21)20(17)3/h6-9,19H,5H2,1-4H3. The molecule has 25 heavy (non-hydrogen) atoms. The van der Waals surface area contributed by atoms with Gasteiger partial charge in [0.15, 0.2) is 12.2 Å². The van der Waals surface area contributed by atoms with Crippen molar-refractivity contribution in [2.24, 2.45) is 0 Å². The summed E-state index contributed by atoms with van der Waals surface area (Å²) in [7, 11) is 3.07. The maximum absolute atomic E-state index is 12.9. The van der Waals surface area contributed by atoms with Crippen molar-refractivity contribution >= 4 is 17.6 Å². The highest BCUT2D eigenvalue weighted by Crippen LogP contribution is 2.39. The van der Waals surface area contributed by atoms with Crippen LogP contribution in [0.2, 0.25) is 0 Å². The Kier molecular flexibility index (Phi) is 4.12. The van der Waals surface area contributed by atoms with E-state index in [9.17, 15) is 9.59 Å². The summed E-state index contributed by atoms with van der Waals surface area (Å²) in [4.78, 5) is 30.4. The van der Waals surface area contributed by atoms with Crippen molar-refractivity contribution in [1.29, 1.82) is 0 Å². The Balaban J connectivity index is 2.11. The maximum atomic E-state index is 12.9. The first-order valence-corrected chi connectivity index (χ1v) is 7.76. The van der Waals surface area contributed by atoms with E-state index in [0.717, 1.165) is 0 Å². The lowest BCUT2D eigenvalue weighted by molar-refractivity contribution is -0.153. The van der Waals surface area contributed by atoms with Gasteiger partial charge in [0.05, 0.1) is 36.7 Å². The minimum Gasteiger partial charge on any atom is -0.496 e. The highest BCUT2D eigenvalue weighted by Gasteiger charge is 2.46. The molecular weight excluding hydrogens is 326 g/mol. The minimum atomic E-state index is -1.31. The van der Waals surface area contributed by atoms with Crippen molar-refractivity contribution < 1.29 is 23.5 Å². The van der Waals surface area contributed by atoms with Gasteiger partial charge in [0, 0.05) is 13.1 Å². The molecule has 0 spiro atoms. The van der Waals surface area contributed by atoms with Crippen molar-refractivity contribution in [2.45, 2.75) is 19.5 Å². The number of rotatable bonds is 4. The second kappa shape index (κ2) is 6.12. The molecule has 1 aliphatic heterocycles. The third-order valence-electron chi connectivity index (χ3n) is 4.29. The number of hydrogen-bond acceptors (Lipinski definition) is 7. The largest absolute Gasteiger partial charge is 0.496 e. The Morgan fingerprint density at radius 2 is 2.16 bits per heavy atom. The third-order valence-corrected chi connectivity index (χ3v) is 4.29. The molecule has 1 unspecified atom stereocenters. The number of methoxy groups -OCH3 is 1. The van der Waals surface area contributed by atoms with Gasteiger partial charge in [-0.1, -0.05) is 0 Å². The van der Waals surface area contributed by atoms with Gasteiger partial charge in [-0.3, -0.25) is 4.79 Å². The number of oxazole rings is 1. The minimum absolute atomic E-state index is 0.221. The van der Waals surface area contributed by atoms with Gasteiger partial charge in [0.25, 0.3) is 5.91 Å². The van der Waals surface area contributed by atoms with E-state index in [0.29, 0.717) is 28.3 Å². The number of ether oxygens (including phenoxy) is 2. The summed E-state index contributed by atoms with van der Waals surface area (Å²) in [5.41, 5.74) is 0.177. The fourth-order valence-corrected chi connectivity index (χ4v) is 2.76. The van der Waals surface area contributed by atoms with E-state index in [2.05, 4.69) is 10.3 Å². The Morgan fingerprint density at radius 3 is 2.76 bits per heavy atom. The van der Waals surface area contributed by atoms with Gasteiger partial charge in [-0.25, -0.2) is 9.78 Å². The SMILES string of the molecule is CCOC(=O)C1(C)Nc2cc(OC)c(-c3cnco3)cc2C(=O)N1C. The molecule has 8 heteroatoms. The van der Waals surface area contributed by atoms with Crippen molar-refractivity contribution in [1.82, 2.24) is 9.88 Å². The number of nitrogens with zero attached hydrogens (tertiary/aromatic N) is 2. The summed E-state index contributed by atoms with van der Waals surface area (Å²) < 4.78 is 15.8. The van der Waals surface area contributed by atoms with Gasteiger partial charge < -0.3 is 24.1 Å². The Morgan fingerprint density at radius 1 is 1.40 bits per heavy atom. The number of benzene rings is 1. The first-order chi connectivity index (χ1) is 11.9. The molecule has 0 radical (unpaired) electrons. The van der Waals surface area contributed by atoms with Crippen LogP contribution in [0, 0.1) is 0 Å². The lowest BCUT2D eigenvalue weighted by Gasteiger charge is -2.42. The highest BCUT2D eigenvalue weighted by atomic mass is 16.5. The molecule has 2 heterocycles. The number of carbonyl (C=O) groups is 2. The van der Waals surface area contributed by atoms with Crippen molar-refractivity contribution in [3.63, 3.8) is 0 Å². The van der Waals surface area contributed by atoms with E-state index in [4.69, 9.17) is 13.9 Å². The predicted octanol–water partition coefficient (Wildman–Crippen LogP) is 2.13. The average Bonchev–Trinajstić information content (AvgIpc) is 3.13. The van der Waals surface area contributed by atoms with Crippen LogP contribution in [-0.4, -0.2) is 48.2 Å². The van der Waals surface area contributed by atoms with E-state index < -0.39 is 11.6 Å². The van der Waals surface area contributed by atoms with Crippen molar-refractivity contribution in [2.75, 3.05) is 26.1 Å². The normalized spacial score (nSPS) is 19.2. The third kappa shape index (κ3) is 2.59. The summed E-state index contributed by atoms with van der Waals surface area (Å²) in [5, 5.41) is 3.09. The quantitative estimate of drug-likeness (QED) is 0.848. The Hall–Kier alpha value is -3.03. The fourth-order valence-electron chi connectivity index (χ4n) is 2.76.